The van der Waals surface area contributed by atoms with Crippen LogP contribution in [-0.2, 0) is 9.59 Å². The highest BCUT2D eigenvalue weighted by Crippen LogP contribution is 2.26. The number of unbranched alkanes of at least 4 members (excludes halogenated alkanes) is 36. The molecule has 398 valence electrons. The highest BCUT2D eigenvalue weighted by molar-refractivity contribution is 5.76. The molecule has 1 N–H and O–H groups in total. The van der Waals surface area contributed by atoms with Crippen molar-refractivity contribution in [1.29, 1.82) is 0 Å². The molecule has 1 aliphatic carbocycles. The van der Waals surface area contributed by atoms with Crippen molar-refractivity contribution in [1.82, 2.24) is 14.7 Å². The summed E-state index contributed by atoms with van der Waals surface area (Å²) in [5, 5.41) is 10.4. The minimum atomic E-state index is -0.126. The minimum Gasteiger partial charge on any atom is -0.393 e. The Hall–Kier alpha value is -1.14. The van der Waals surface area contributed by atoms with E-state index in [-0.39, 0.29) is 6.10 Å². The highest BCUT2D eigenvalue weighted by atomic mass is 16.3. The molecule has 2 amide bonds. The average Bonchev–Trinajstić information content (AvgIpc) is 3.77. The lowest BCUT2D eigenvalue weighted by atomic mass is 10.1. The van der Waals surface area contributed by atoms with Crippen molar-refractivity contribution in [2.24, 2.45) is 0 Å². The van der Waals surface area contributed by atoms with Crippen LogP contribution in [0.2, 0.25) is 0 Å². The second-order valence-corrected chi connectivity index (χ2v) is 21.9. The van der Waals surface area contributed by atoms with Gasteiger partial charge in [0.05, 0.1) is 6.10 Å². The summed E-state index contributed by atoms with van der Waals surface area (Å²) in [4.78, 5) is 34.1. The van der Waals surface area contributed by atoms with Crippen LogP contribution in [-0.4, -0.2) is 83.0 Å². The monoisotopic (exact) mass is 944 g/mol. The summed E-state index contributed by atoms with van der Waals surface area (Å²) in [5.74, 6) is 0.821. The number of hydrogen-bond acceptors (Lipinski definition) is 4. The summed E-state index contributed by atoms with van der Waals surface area (Å²) in [6.45, 7) is 15.3. The largest absolute Gasteiger partial charge is 0.393 e. The fraction of sp³-hybridized carbons (Fsp3) is 0.967. The Kier molecular flexibility index (Phi) is 47.5. The van der Waals surface area contributed by atoms with Gasteiger partial charge in [-0.25, -0.2) is 0 Å². The molecule has 0 bridgehead atoms. The molecule has 6 heteroatoms. The van der Waals surface area contributed by atoms with Crippen molar-refractivity contribution in [3.63, 3.8) is 0 Å². The molecule has 0 aromatic carbocycles. The Balaban J connectivity index is 2.41. The molecular formula is C61H121N3O3. The third-order valence-electron chi connectivity index (χ3n) is 15.4. The fourth-order valence-corrected chi connectivity index (χ4v) is 10.8. The molecular weight excluding hydrogens is 823 g/mol. The zero-order chi connectivity index (χ0) is 48.5. The van der Waals surface area contributed by atoms with E-state index in [9.17, 15) is 14.7 Å². The predicted octanol–water partition coefficient (Wildman–Crippen LogP) is 18.1. The molecule has 0 spiro atoms. The van der Waals surface area contributed by atoms with Gasteiger partial charge in [-0.2, -0.15) is 0 Å². The lowest BCUT2D eigenvalue weighted by Gasteiger charge is -2.29. The van der Waals surface area contributed by atoms with Crippen LogP contribution in [0.25, 0.3) is 0 Å². The first-order valence-electron chi connectivity index (χ1n) is 30.9. The van der Waals surface area contributed by atoms with Crippen molar-refractivity contribution >= 4 is 11.8 Å². The molecule has 0 aromatic rings. The number of aliphatic hydroxyl groups is 1. The maximum Gasteiger partial charge on any atom is 0.222 e. The van der Waals surface area contributed by atoms with Gasteiger partial charge in [-0.05, 0) is 83.7 Å². The number of rotatable bonds is 53. The highest BCUT2D eigenvalue weighted by Gasteiger charge is 2.27. The summed E-state index contributed by atoms with van der Waals surface area (Å²) in [6.07, 6.45) is 58.3. The molecule has 2 atom stereocenters. The smallest absolute Gasteiger partial charge is 0.222 e. The molecule has 1 saturated carbocycles. The van der Waals surface area contributed by atoms with Crippen LogP contribution in [0.3, 0.4) is 0 Å². The van der Waals surface area contributed by atoms with Crippen molar-refractivity contribution in [2.75, 3.05) is 39.3 Å². The number of nitrogens with zero attached hydrogens (tertiary/aromatic N) is 3. The molecule has 6 nitrogen and oxygen atoms in total. The number of aliphatic hydroxyl groups excluding tert-OH is 1. The van der Waals surface area contributed by atoms with E-state index in [1.54, 1.807) is 0 Å². The molecule has 67 heavy (non-hydrogen) atoms. The van der Waals surface area contributed by atoms with E-state index in [4.69, 9.17) is 0 Å². The zero-order valence-electron chi connectivity index (χ0n) is 46.2. The Labute approximate surface area is 420 Å². The molecule has 0 heterocycles. The van der Waals surface area contributed by atoms with Gasteiger partial charge in [0.15, 0.2) is 0 Å². The first kappa shape index (κ1) is 63.9. The van der Waals surface area contributed by atoms with Crippen molar-refractivity contribution < 1.29 is 14.7 Å². The third kappa shape index (κ3) is 40.2. The SMILES string of the molecule is CCCCCCCCCCN(CCCCCCCCCC)C(=O)CCCCCCCN(CCCCCCCC(=O)N(CCCCCCCCCC)CCCCCCCCCC)[C@@H]1CC[C@@H](O)C1. The normalized spacial score (nSPS) is 15.0. The Morgan fingerprint density at radius 3 is 0.821 bits per heavy atom. The lowest BCUT2D eigenvalue weighted by Crippen LogP contribution is -2.35. The predicted molar refractivity (Wildman–Crippen MR) is 294 cm³/mol. The first-order chi connectivity index (χ1) is 33.0. The molecule has 1 rings (SSSR count). The Bertz CT molecular complexity index is 929. The summed E-state index contributed by atoms with van der Waals surface area (Å²) in [7, 11) is 0. The standard InChI is InChI=1S/C61H121N3O3/c1-5-9-13-17-21-25-33-43-53-63(54-44-34-26-22-18-14-10-6-2)60(66)47-39-31-29-37-41-51-62(58-49-50-59(65)57-58)52-42-38-30-32-40-48-61(67)64(55-45-35-27-23-19-15-11-7-3)56-46-36-28-24-20-16-12-8-4/h58-59,65H,5-57H2,1-4H3/t58-,59-/m1/s1. The van der Waals surface area contributed by atoms with Crippen LogP contribution < -0.4 is 0 Å². The van der Waals surface area contributed by atoms with Gasteiger partial charge in [-0.15, -0.1) is 0 Å². The molecule has 0 aliphatic heterocycles. The van der Waals surface area contributed by atoms with Crippen LogP contribution >= 0.6 is 0 Å². The summed E-state index contributed by atoms with van der Waals surface area (Å²) in [6, 6.07) is 0.534. The molecule has 1 fully saturated rings. The molecule has 0 radical (unpaired) electrons. The van der Waals surface area contributed by atoms with Gasteiger partial charge in [0, 0.05) is 45.1 Å². The van der Waals surface area contributed by atoms with Gasteiger partial charge in [-0.1, -0.05) is 246 Å². The maximum absolute atomic E-state index is 13.5. The fourth-order valence-electron chi connectivity index (χ4n) is 10.8. The summed E-state index contributed by atoms with van der Waals surface area (Å²) < 4.78 is 0. The van der Waals surface area contributed by atoms with Gasteiger partial charge >= 0.3 is 0 Å². The number of carbonyl (C=O) groups excluding carboxylic acids is 2. The van der Waals surface area contributed by atoms with E-state index in [1.807, 2.05) is 0 Å². The van der Waals surface area contributed by atoms with E-state index in [0.717, 1.165) is 97.1 Å². The van der Waals surface area contributed by atoms with Crippen molar-refractivity contribution in [2.45, 2.75) is 342 Å². The topological polar surface area (TPSA) is 64.1 Å². The van der Waals surface area contributed by atoms with Crippen LogP contribution in [0.5, 0.6) is 0 Å². The van der Waals surface area contributed by atoms with Gasteiger partial charge in [0.25, 0.3) is 0 Å². The lowest BCUT2D eigenvalue weighted by molar-refractivity contribution is -0.132. The maximum atomic E-state index is 13.5. The Morgan fingerprint density at radius 1 is 0.328 bits per heavy atom. The summed E-state index contributed by atoms with van der Waals surface area (Å²) in [5.41, 5.74) is 0. The Morgan fingerprint density at radius 2 is 0.567 bits per heavy atom. The van der Waals surface area contributed by atoms with E-state index in [2.05, 4.69) is 42.4 Å². The zero-order valence-corrected chi connectivity index (χ0v) is 46.2. The van der Waals surface area contributed by atoms with Crippen molar-refractivity contribution in [3.8, 4) is 0 Å². The number of carbonyl (C=O) groups is 2. The minimum absolute atomic E-state index is 0.126. The molecule has 0 aromatic heterocycles. The molecule has 0 unspecified atom stereocenters. The average molecular weight is 945 g/mol. The van der Waals surface area contributed by atoms with Gasteiger partial charge in [0.2, 0.25) is 11.8 Å². The van der Waals surface area contributed by atoms with Crippen LogP contribution in [0.15, 0.2) is 0 Å². The first-order valence-corrected chi connectivity index (χ1v) is 30.9. The van der Waals surface area contributed by atoms with E-state index >= 15 is 0 Å². The quantitative estimate of drug-likeness (QED) is 0.0617. The van der Waals surface area contributed by atoms with E-state index in [1.165, 1.54) is 244 Å². The van der Waals surface area contributed by atoms with E-state index in [0.29, 0.717) is 17.9 Å². The van der Waals surface area contributed by atoms with Crippen molar-refractivity contribution in [3.05, 3.63) is 0 Å². The second-order valence-electron chi connectivity index (χ2n) is 21.9. The van der Waals surface area contributed by atoms with Gasteiger partial charge in [0.1, 0.15) is 0 Å². The van der Waals surface area contributed by atoms with E-state index < -0.39 is 0 Å². The summed E-state index contributed by atoms with van der Waals surface area (Å²) >= 11 is 0. The third-order valence-corrected chi connectivity index (χ3v) is 15.4. The molecule has 0 saturated heterocycles. The van der Waals surface area contributed by atoms with Crippen LogP contribution in [0.1, 0.15) is 329 Å². The molecule has 1 aliphatic rings. The van der Waals surface area contributed by atoms with Crippen LogP contribution in [0.4, 0.5) is 0 Å². The van der Waals surface area contributed by atoms with Gasteiger partial charge in [-0.3, -0.25) is 9.59 Å². The van der Waals surface area contributed by atoms with Crippen LogP contribution in [0, 0.1) is 0 Å². The number of hydrogen-bond donors (Lipinski definition) is 1. The second kappa shape index (κ2) is 49.8. The number of amides is 2. The van der Waals surface area contributed by atoms with Gasteiger partial charge < -0.3 is 19.8 Å².